The summed E-state index contributed by atoms with van der Waals surface area (Å²) in [6, 6.07) is 1.23. The first-order valence-electron chi connectivity index (χ1n) is 6.84. The summed E-state index contributed by atoms with van der Waals surface area (Å²) in [6.45, 7) is 3.00. The topological polar surface area (TPSA) is 41.6 Å². The summed E-state index contributed by atoms with van der Waals surface area (Å²) in [4.78, 5) is 13.1. The van der Waals surface area contributed by atoms with E-state index in [-0.39, 0.29) is 17.8 Å². The van der Waals surface area contributed by atoms with Crippen LogP contribution in [0.4, 0.5) is 23.7 Å². The quantitative estimate of drug-likeness (QED) is 0.872. The number of likely N-dealkylation sites (tertiary alicyclic amines) is 1. The fraction of sp³-hybridized carbons (Fsp3) is 0.500. The van der Waals surface area contributed by atoms with Crippen molar-refractivity contribution in [2.75, 3.05) is 25.0 Å². The van der Waals surface area contributed by atoms with Crippen LogP contribution >= 0.6 is 0 Å². The molecule has 4 nitrogen and oxygen atoms in total. The molecule has 1 N–H and O–H groups in total. The summed E-state index contributed by atoms with van der Waals surface area (Å²) in [5.41, 5.74) is -0.0662. The summed E-state index contributed by atoms with van der Waals surface area (Å²) in [6.07, 6.45) is 0.795. The lowest BCUT2D eigenvalue weighted by atomic mass is 10.0. The molecule has 0 spiro atoms. The summed E-state index contributed by atoms with van der Waals surface area (Å²) in [5, 5.41) is 2.85. The maximum absolute atomic E-state index is 13.5. The van der Waals surface area contributed by atoms with Crippen molar-refractivity contribution in [3.63, 3.8) is 0 Å². The van der Waals surface area contributed by atoms with E-state index in [4.69, 9.17) is 4.74 Å². The third-order valence-electron chi connectivity index (χ3n) is 3.39. The lowest BCUT2D eigenvalue weighted by Crippen LogP contribution is -2.42. The molecule has 0 saturated carbocycles. The molecule has 0 bridgehead atoms. The van der Waals surface area contributed by atoms with Gasteiger partial charge in [-0.25, -0.2) is 18.0 Å². The van der Waals surface area contributed by atoms with Crippen molar-refractivity contribution in [3.8, 4) is 0 Å². The highest BCUT2D eigenvalue weighted by molar-refractivity contribution is 5.67. The molecule has 0 aliphatic carbocycles. The van der Waals surface area contributed by atoms with Gasteiger partial charge in [-0.05, 0) is 19.8 Å². The van der Waals surface area contributed by atoms with E-state index in [1.807, 2.05) is 0 Å². The normalized spacial score (nSPS) is 15.9. The minimum absolute atomic E-state index is 0.0662. The second-order valence-corrected chi connectivity index (χ2v) is 4.85. The number of halogens is 3. The third kappa shape index (κ3) is 3.80. The largest absolute Gasteiger partial charge is 0.450 e. The van der Waals surface area contributed by atoms with Crippen molar-refractivity contribution >= 4 is 11.8 Å². The molecule has 0 atom stereocenters. The van der Waals surface area contributed by atoms with Crippen LogP contribution < -0.4 is 5.32 Å². The molecule has 1 amide bonds. The standard InChI is InChI=1S/C14H17F3N2O2/c1-2-21-14(20)19-5-3-9(4-6-19)18-13-8-11(16)10(15)7-12(13)17/h7-9,18H,2-6H2,1H3. The average molecular weight is 302 g/mol. The van der Waals surface area contributed by atoms with Crippen molar-refractivity contribution in [1.82, 2.24) is 4.90 Å². The Kier molecular flexibility index (Phi) is 4.93. The van der Waals surface area contributed by atoms with Gasteiger partial charge in [0.1, 0.15) is 5.82 Å². The molecule has 0 radical (unpaired) electrons. The number of nitrogens with one attached hydrogen (secondary N) is 1. The van der Waals surface area contributed by atoms with Crippen LogP contribution in [0, 0.1) is 17.5 Å². The molecular formula is C14H17F3N2O2. The predicted octanol–water partition coefficient (Wildman–Crippen LogP) is 3.14. The number of hydrogen-bond acceptors (Lipinski definition) is 3. The number of hydrogen-bond donors (Lipinski definition) is 1. The van der Waals surface area contributed by atoms with Crippen molar-refractivity contribution < 1.29 is 22.7 Å². The fourth-order valence-electron chi connectivity index (χ4n) is 2.27. The second-order valence-electron chi connectivity index (χ2n) is 4.85. The summed E-state index contributed by atoms with van der Waals surface area (Å²) >= 11 is 0. The van der Waals surface area contributed by atoms with E-state index < -0.39 is 17.5 Å². The number of piperidine rings is 1. The highest BCUT2D eigenvalue weighted by Gasteiger charge is 2.24. The maximum Gasteiger partial charge on any atom is 0.409 e. The second kappa shape index (κ2) is 6.69. The summed E-state index contributed by atoms with van der Waals surface area (Å²) < 4.78 is 44.4. The van der Waals surface area contributed by atoms with Crippen LogP contribution in [0.3, 0.4) is 0 Å². The number of nitrogens with zero attached hydrogens (tertiary/aromatic N) is 1. The number of amides is 1. The van der Waals surface area contributed by atoms with Crippen molar-refractivity contribution in [3.05, 3.63) is 29.6 Å². The molecule has 1 fully saturated rings. The molecule has 1 aromatic rings. The Labute approximate surface area is 120 Å². The van der Waals surface area contributed by atoms with Gasteiger partial charge in [0.2, 0.25) is 0 Å². The van der Waals surface area contributed by atoms with Gasteiger partial charge in [-0.1, -0.05) is 0 Å². The van der Waals surface area contributed by atoms with Crippen molar-refractivity contribution in [2.24, 2.45) is 0 Å². The van der Waals surface area contributed by atoms with Crippen LogP contribution in [-0.4, -0.2) is 36.7 Å². The number of rotatable bonds is 3. The zero-order chi connectivity index (χ0) is 15.4. The van der Waals surface area contributed by atoms with Gasteiger partial charge in [0, 0.05) is 31.3 Å². The minimum Gasteiger partial charge on any atom is -0.450 e. The highest BCUT2D eigenvalue weighted by Crippen LogP contribution is 2.22. The zero-order valence-electron chi connectivity index (χ0n) is 11.7. The molecule has 0 aromatic heterocycles. The number of anilines is 1. The van der Waals surface area contributed by atoms with E-state index in [1.54, 1.807) is 11.8 Å². The molecule has 1 aromatic carbocycles. The van der Waals surface area contributed by atoms with E-state index in [0.717, 1.165) is 6.07 Å². The van der Waals surface area contributed by atoms with Crippen LogP contribution in [0.5, 0.6) is 0 Å². The Balaban J connectivity index is 1.92. The molecule has 1 aliphatic heterocycles. The van der Waals surface area contributed by atoms with Crippen molar-refractivity contribution in [1.29, 1.82) is 0 Å². The van der Waals surface area contributed by atoms with Gasteiger partial charge in [-0.3, -0.25) is 0 Å². The third-order valence-corrected chi connectivity index (χ3v) is 3.39. The lowest BCUT2D eigenvalue weighted by Gasteiger charge is -2.32. The predicted molar refractivity (Wildman–Crippen MR) is 71.6 cm³/mol. The van der Waals surface area contributed by atoms with Gasteiger partial charge in [0.05, 0.1) is 12.3 Å². The number of carbonyl (C=O) groups is 1. The van der Waals surface area contributed by atoms with E-state index in [1.165, 1.54) is 0 Å². The molecule has 21 heavy (non-hydrogen) atoms. The molecule has 1 aliphatic rings. The Morgan fingerprint density at radius 3 is 2.48 bits per heavy atom. The van der Waals surface area contributed by atoms with E-state index in [0.29, 0.717) is 38.6 Å². The number of carbonyl (C=O) groups excluding carboxylic acids is 1. The van der Waals surface area contributed by atoms with Gasteiger partial charge < -0.3 is 15.0 Å². The zero-order valence-corrected chi connectivity index (χ0v) is 11.7. The molecule has 1 saturated heterocycles. The van der Waals surface area contributed by atoms with Gasteiger partial charge >= 0.3 is 6.09 Å². The molecule has 7 heteroatoms. The number of ether oxygens (including phenoxy) is 1. The first-order valence-corrected chi connectivity index (χ1v) is 6.84. The first-order chi connectivity index (χ1) is 10.0. The molecule has 2 rings (SSSR count). The van der Waals surface area contributed by atoms with E-state index >= 15 is 0 Å². The van der Waals surface area contributed by atoms with Crippen molar-refractivity contribution in [2.45, 2.75) is 25.8 Å². The molecule has 116 valence electrons. The monoisotopic (exact) mass is 302 g/mol. The van der Waals surface area contributed by atoms with Gasteiger partial charge in [-0.2, -0.15) is 0 Å². The van der Waals surface area contributed by atoms with Gasteiger partial charge in [-0.15, -0.1) is 0 Å². The number of benzene rings is 1. The van der Waals surface area contributed by atoms with Crippen LogP contribution in [0.2, 0.25) is 0 Å². The van der Waals surface area contributed by atoms with Crippen LogP contribution in [0.15, 0.2) is 12.1 Å². The van der Waals surface area contributed by atoms with Gasteiger partial charge in [0.25, 0.3) is 0 Å². The molecule has 0 unspecified atom stereocenters. The Morgan fingerprint density at radius 2 is 1.86 bits per heavy atom. The Bertz CT molecular complexity index is 517. The van der Waals surface area contributed by atoms with Gasteiger partial charge in [0.15, 0.2) is 11.6 Å². The minimum atomic E-state index is -1.21. The Hall–Kier alpha value is -1.92. The maximum atomic E-state index is 13.5. The van der Waals surface area contributed by atoms with Crippen LogP contribution in [0.25, 0.3) is 0 Å². The summed E-state index contributed by atoms with van der Waals surface area (Å²) in [7, 11) is 0. The summed E-state index contributed by atoms with van der Waals surface area (Å²) in [5.74, 6) is -3.14. The van der Waals surface area contributed by atoms with Crippen LogP contribution in [-0.2, 0) is 4.74 Å². The highest BCUT2D eigenvalue weighted by atomic mass is 19.2. The molecule has 1 heterocycles. The molecular weight excluding hydrogens is 285 g/mol. The van der Waals surface area contributed by atoms with E-state index in [9.17, 15) is 18.0 Å². The fourth-order valence-corrected chi connectivity index (χ4v) is 2.27. The average Bonchev–Trinajstić information content (AvgIpc) is 2.46. The SMILES string of the molecule is CCOC(=O)N1CCC(Nc2cc(F)c(F)cc2F)CC1. The smallest absolute Gasteiger partial charge is 0.409 e. The van der Waals surface area contributed by atoms with E-state index in [2.05, 4.69) is 5.32 Å². The lowest BCUT2D eigenvalue weighted by molar-refractivity contribution is 0.0983. The van der Waals surface area contributed by atoms with Crippen LogP contribution in [0.1, 0.15) is 19.8 Å². The Morgan fingerprint density at radius 1 is 1.24 bits per heavy atom. The first kappa shape index (κ1) is 15.5.